The Kier molecular flexibility index (Phi) is 2.50. The van der Waals surface area contributed by atoms with E-state index in [1.165, 1.54) is 18.7 Å². The number of nitrogens with zero attached hydrogens (tertiary/aromatic N) is 2. The number of hydrogen-bond acceptors (Lipinski definition) is 3. The van der Waals surface area contributed by atoms with E-state index < -0.39 is 36.0 Å². The van der Waals surface area contributed by atoms with Crippen molar-refractivity contribution in [3.63, 3.8) is 0 Å². The van der Waals surface area contributed by atoms with Crippen LogP contribution in [0, 0.1) is 0 Å². The van der Waals surface area contributed by atoms with Crippen molar-refractivity contribution in [1.82, 2.24) is 4.90 Å². The molecule has 0 saturated carbocycles. The zero-order valence-corrected chi connectivity index (χ0v) is 10.6. The number of thioether (sulfide) groups is 1. The average molecular weight is 267 g/mol. The van der Waals surface area contributed by atoms with E-state index in [1.54, 1.807) is 4.90 Å². The van der Waals surface area contributed by atoms with Crippen LogP contribution in [-0.2, 0) is 4.79 Å². The lowest BCUT2D eigenvalue weighted by molar-refractivity contribution is -0.115. The van der Waals surface area contributed by atoms with E-state index in [4.69, 9.17) is 6.85 Å². The Labute approximate surface area is 117 Å². The van der Waals surface area contributed by atoms with Crippen molar-refractivity contribution >= 4 is 28.6 Å². The first-order valence-electron chi connectivity index (χ1n) is 7.81. The van der Waals surface area contributed by atoms with Gasteiger partial charge < -0.3 is 4.90 Å². The summed E-state index contributed by atoms with van der Waals surface area (Å²) in [6.07, 6.45) is 0. The van der Waals surface area contributed by atoms with Crippen LogP contribution in [0.1, 0.15) is 24.1 Å². The van der Waals surface area contributed by atoms with Crippen LogP contribution >= 0.6 is 11.8 Å². The van der Waals surface area contributed by atoms with Gasteiger partial charge in [-0.25, -0.2) is 0 Å². The normalized spacial score (nSPS) is 21.1. The summed E-state index contributed by atoms with van der Waals surface area (Å²) in [5.41, 5.74) is -0.338. The molecule has 0 atom stereocenters. The highest BCUT2D eigenvalue weighted by Crippen LogP contribution is 2.18. The van der Waals surface area contributed by atoms with E-state index in [0.29, 0.717) is 17.5 Å². The minimum Gasteiger partial charge on any atom is -0.343 e. The second-order valence-corrected chi connectivity index (χ2v) is 4.67. The summed E-state index contributed by atoms with van der Waals surface area (Å²) in [6.45, 7) is 1.62. The molecule has 1 aromatic rings. The highest BCUT2D eigenvalue weighted by atomic mass is 32.2. The van der Waals surface area contributed by atoms with Crippen molar-refractivity contribution in [2.24, 2.45) is 4.99 Å². The minimum absolute atomic E-state index is 0.187. The molecule has 1 aliphatic rings. The second-order valence-electron chi connectivity index (χ2n) is 3.61. The Hall–Kier alpha value is -1.62. The number of ketones is 1. The van der Waals surface area contributed by atoms with Crippen LogP contribution in [0.25, 0.3) is 0 Å². The van der Waals surface area contributed by atoms with E-state index in [9.17, 15) is 9.59 Å². The van der Waals surface area contributed by atoms with Crippen LogP contribution in [0.5, 0.6) is 0 Å². The van der Waals surface area contributed by atoms with Gasteiger partial charge in [-0.15, -0.1) is 0 Å². The van der Waals surface area contributed by atoms with E-state index in [2.05, 4.69) is 4.99 Å². The van der Waals surface area contributed by atoms with E-state index in [-0.39, 0.29) is 18.0 Å². The number of aliphatic imine (C=N–C) groups is 1. The standard InChI is InChI=1S/C13H14N2O2S/c1-10(16)14-13-15(7-8-18-13)9-12(17)11-5-3-2-4-6-11/h2-6H,7-9H2,1H3/i2D,3D,4D,5D,6D. The van der Waals surface area contributed by atoms with Gasteiger partial charge in [0.05, 0.1) is 13.4 Å². The molecule has 0 aliphatic carbocycles. The predicted octanol–water partition coefficient (Wildman–Crippen LogP) is 1.82. The van der Waals surface area contributed by atoms with Gasteiger partial charge in [-0.2, -0.15) is 4.99 Å². The topological polar surface area (TPSA) is 49.7 Å². The maximum absolute atomic E-state index is 12.4. The van der Waals surface area contributed by atoms with E-state index in [1.807, 2.05) is 0 Å². The lowest BCUT2D eigenvalue weighted by Gasteiger charge is -2.16. The molecule has 1 heterocycles. The molecule has 94 valence electrons. The molecule has 1 aromatic carbocycles. The van der Waals surface area contributed by atoms with Crippen LogP contribution in [0.2, 0.25) is 0 Å². The largest absolute Gasteiger partial charge is 0.343 e. The molecule has 0 N–H and O–H groups in total. The number of amidine groups is 1. The first-order valence-corrected chi connectivity index (χ1v) is 6.29. The Morgan fingerprint density at radius 2 is 2.17 bits per heavy atom. The van der Waals surface area contributed by atoms with Crippen molar-refractivity contribution in [2.75, 3.05) is 18.8 Å². The third-order valence-corrected chi connectivity index (χ3v) is 3.22. The number of amides is 1. The molecule has 0 spiro atoms. The number of rotatable bonds is 3. The Morgan fingerprint density at radius 1 is 1.44 bits per heavy atom. The molecule has 0 radical (unpaired) electrons. The molecule has 0 unspecified atom stereocenters. The minimum atomic E-state index is -0.597. The van der Waals surface area contributed by atoms with Gasteiger partial charge in [-0.05, 0) is 0 Å². The summed E-state index contributed by atoms with van der Waals surface area (Å²) in [5, 5.41) is 0.415. The number of carbonyl (C=O) groups excluding carboxylic acids is 2. The average Bonchev–Trinajstić information content (AvgIpc) is 2.89. The van der Waals surface area contributed by atoms with E-state index >= 15 is 0 Å². The molecular weight excluding hydrogens is 248 g/mol. The number of Topliss-reactive ketones (excluding diaryl/α,β-unsaturated/α-hetero) is 1. The molecule has 0 bridgehead atoms. The summed E-state index contributed by atoms with van der Waals surface area (Å²) in [7, 11) is 0. The van der Waals surface area contributed by atoms with Crippen LogP contribution < -0.4 is 0 Å². The molecule has 4 nitrogen and oxygen atoms in total. The second kappa shape index (κ2) is 5.82. The summed E-state index contributed by atoms with van der Waals surface area (Å²) in [6, 6.07) is -2.64. The molecule has 2 rings (SSSR count). The van der Waals surface area contributed by atoms with E-state index in [0.717, 1.165) is 0 Å². The predicted molar refractivity (Wildman–Crippen MR) is 72.9 cm³/mol. The molecule has 1 amide bonds. The van der Waals surface area contributed by atoms with Crippen LogP contribution in [-0.4, -0.2) is 40.6 Å². The van der Waals surface area contributed by atoms with Gasteiger partial charge in [-0.1, -0.05) is 42.0 Å². The number of carbonyl (C=O) groups is 2. The SMILES string of the molecule is [2H]c1c([2H])c([2H])c(C(=O)CN2CCSC2=NC(C)=O)c([2H])c1[2H]. The van der Waals surface area contributed by atoms with Gasteiger partial charge in [0.2, 0.25) is 5.91 Å². The highest BCUT2D eigenvalue weighted by molar-refractivity contribution is 8.14. The monoisotopic (exact) mass is 267 g/mol. The molecule has 1 fully saturated rings. The maximum Gasteiger partial charge on any atom is 0.244 e. The van der Waals surface area contributed by atoms with Gasteiger partial charge >= 0.3 is 0 Å². The van der Waals surface area contributed by atoms with Gasteiger partial charge in [0.15, 0.2) is 11.0 Å². The molecule has 18 heavy (non-hydrogen) atoms. The fourth-order valence-corrected chi connectivity index (χ4v) is 2.49. The quantitative estimate of drug-likeness (QED) is 0.784. The maximum atomic E-state index is 12.4. The third-order valence-electron chi connectivity index (χ3n) is 2.23. The van der Waals surface area contributed by atoms with Crippen molar-refractivity contribution < 1.29 is 16.4 Å². The summed E-state index contributed by atoms with van der Waals surface area (Å²) in [4.78, 5) is 28.9. The lowest BCUT2D eigenvalue weighted by atomic mass is 10.1. The lowest BCUT2D eigenvalue weighted by Crippen LogP contribution is -2.31. The fraction of sp³-hybridized carbons (Fsp3) is 0.308. The summed E-state index contributed by atoms with van der Waals surface area (Å²) < 4.78 is 38.3. The number of hydrogen-bond donors (Lipinski definition) is 0. The van der Waals surface area contributed by atoms with Gasteiger partial charge in [-0.3, -0.25) is 9.59 Å². The van der Waals surface area contributed by atoms with Crippen molar-refractivity contribution in [2.45, 2.75) is 6.92 Å². The first-order chi connectivity index (χ1) is 10.7. The third kappa shape index (κ3) is 3.20. The zero-order chi connectivity index (χ0) is 17.3. The number of benzene rings is 1. The van der Waals surface area contributed by atoms with Crippen LogP contribution in [0.4, 0.5) is 0 Å². The van der Waals surface area contributed by atoms with Crippen molar-refractivity contribution in [3.05, 3.63) is 35.8 Å². The van der Waals surface area contributed by atoms with Gasteiger partial charge in [0.1, 0.15) is 0 Å². The molecule has 0 aromatic heterocycles. The Bertz CT molecular complexity index is 694. The van der Waals surface area contributed by atoms with Crippen molar-refractivity contribution in [3.8, 4) is 0 Å². The summed E-state index contributed by atoms with van der Waals surface area (Å²) in [5.74, 6) is -0.310. The molecule has 1 aliphatic heterocycles. The summed E-state index contributed by atoms with van der Waals surface area (Å²) >= 11 is 1.34. The molecule has 5 heteroatoms. The Morgan fingerprint density at radius 3 is 2.83 bits per heavy atom. The smallest absolute Gasteiger partial charge is 0.244 e. The fourth-order valence-electron chi connectivity index (χ4n) is 1.46. The molecule has 1 saturated heterocycles. The molecular formula is C13H14N2O2S. The first kappa shape index (κ1) is 7.74. The van der Waals surface area contributed by atoms with Crippen molar-refractivity contribution in [1.29, 1.82) is 0 Å². The van der Waals surface area contributed by atoms with Gasteiger partial charge in [0.25, 0.3) is 0 Å². The van der Waals surface area contributed by atoms with Gasteiger partial charge in [0, 0.05) is 24.8 Å². The highest BCUT2D eigenvalue weighted by Gasteiger charge is 2.22. The van der Waals surface area contributed by atoms with Crippen LogP contribution in [0.3, 0.4) is 0 Å². The Balaban J connectivity index is 2.34. The zero-order valence-electron chi connectivity index (χ0n) is 14.7. The van der Waals surface area contributed by atoms with Crippen LogP contribution in [0.15, 0.2) is 35.2 Å².